The van der Waals surface area contributed by atoms with Crippen molar-refractivity contribution in [2.24, 2.45) is 5.92 Å². The van der Waals surface area contributed by atoms with Gasteiger partial charge in [0, 0.05) is 14.1 Å². The molecule has 0 aliphatic carbocycles. The molecule has 0 unspecified atom stereocenters. The third-order valence-corrected chi connectivity index (χ3v) is 7.13. The van der Waals surface area contributed by atoms with E-state index in [-0.39, 0.29) is 8.80 Å². The van der Waals surface area contributed by atoms with Crippen LogP contribution in [0.1, 0.15) is 39.0 Å². The molecule has 2 heteroatoms. The first-order valence-corrected chi connectivity index (χ1v) is 9.00. The van der Waals surface area contributed by atoms with Crippen LogP contribution < -0.4 is 0 Å². The van der Waals surface area contributed by atoms with Crippen LogP contribution in [0, 0.1) is 5.92 Å². The van der Waals surface area contributed by atoms with E-state index in [1.165, 1.54) is 37.4 Å². The highest BCUT2D eigenvalue weighted by Crippen LogP contribution is 2.29. The fourth-order valence-electron chi connectivity index (χ4n) is 2.12. The summed E-state index contributed by atoms with van der Waals surface area (Å²) in [6.07, 6.45) is 7.41. The topological polar surface area (TPSA) is 0 Å². The lowest BCUT2D eigenvalue weighted by Crippen LogP contribution is -2.21. The number of rotatable bonds is 5. The molecule has 0 aromatic rings. The van der Waals surface area contributed by atoms with Crippen LogP contribution in [-0.2, 0) is 0 Å². The van der Waals surface area contributed by atoms with Gasteiger partial charge in [-0.25, -0.2) is 0 Å². The van der Waals surface area contributed by atoms with Gasteiger partial charge in [-0.15, -0.1) is 0 Å². The minimum atomic E-state index is 0.116. The number of unbranched alkanes of at least 4 members (excludes halogenated alkanes) is 2. The lowest BCUT2D eigenvalue weighted by Gasteiger charge is -2.25. The van der Waals surface area contributed by atoms with Crippen molar-refractivity contribution in [1.82, 2.24) is 0 Å². The zero-order valence-electron chi connectivity index (χ0n) is 8.82. The molecule has 1 radical (unpaired) electrons. The molecule has 0 atom stereocenters. The van der Waals surface area contributed by atoms with E-state index in [1.807, 2.05) is 0 Å². The van der Waals surface area contributed by atoms with Crippen LogP contribution in [0.15, 0.2) is 0 Å². The standard InChI is InChI=1S/C11H22BrSi/c1-2-3-4-7-13-8-5-11(10-12)6-9-13/h11H,2-10H2,1H3. The Balaban J connectivity index is 2.03. The summed E-state index contributed by atoms with van der Waals surface area (Å²) in [6, 6.07) is 4.81. The monoisotopic (exact) mass is 261 g/mol. The van der Waals surface area contributed by atoms with Crippen LogP contribution in [0.3, 0.4) is 0 Å². The Morgan fingerprint density at radius 1 is 1.23 bits per heavy atom. The Morgan fingerprint density at radius 3 is 2.46 bits per heavy atom. The third kappa shape index (κ3) is 4.64. The first-order valence-electron chi connectivity index (χ1n) is 5.76. The molecule has 1 fully saturated rings. The largest absolute Gasteiger partial charge is 0.0925 e. The molecule has 0 aromatic heterocycles. The molecular formula is C11H22BrSi. The minimum Gasteiger partial charge on any atom is -0.0925 e. The number of halogens is 1. The van der Waals surface area contributed by atoms with E-state index in [9.17, 15) is 0 Å². The Labute approximate surface area is 93.2 Å². The fraction of sp³-hybridized carbons (Fsp3) is 1.00. The summed E-state index contributed by atoms with van der Waals surface area (Å²) in [4.78, 5) is 0. The van der Waals surface area contributed by atoms with Crippen molar-refractivity contribution in [3.8, 4) is 0 Å². The van der Waals surface area contributed by atoms with Crippen LogP contribution in [0.5, 0.6) is 0 Å². The average molecular weight is 262 g/mol. The Bertz CT molecular complexity index is 117. The molecule has 13 heavy (non-hydrogen) atoms. The van der Waals surface area contributed by atoms with E-state index < -0.39 is 0 Å². The van der Waals surface area contributed by atoms with Crippen LogP contribution in [-0.4, -0.2) is 14.1 Å². The van der Waals surface area contributed by atoms with Crippen molar-refractivity contribution in [1.29, 1.82) is 0 Å². The maximum Gasteiger partial charge on any atom is 0.0479 e. The molecule has 1 aliphatic rings. The summed E-state index contributed by atoms with van der Waals surface area (Å²) in [5.41, 5.74) is 0. The van der Waals surface area contributed by atoms with Gasteiger partial charge in [0.15, 0.2) is 0 Å². The van der Waals surface area contributed by atoms with Crippen molar-refractivity contribution < 1.29 is 0 Å². The van der Waals surface area contributed by atoms with Gasteiger partial charge < -0.3 is 0 Å². The van der Waals surface area contributed by atoms with Crippen molar-refractivity contribution in [2.45, 2.75) is 57.2 Å². The molecule has 0 bridgehead atoms. The average Bonchev–Trinajstić information content (AvgIpc) is 2.19. The van der Waals surface area contributed by atoms with Crippen LogP contribution >= 0.6 is 15.9 Å². The second kappa shape index (κ2) is 7.05. The summed E-state index contributed by atoms with van der Waals surface area (Å²) in [7, 11) is 0.116. The number of hydrogen-bond acceptors (Lipinski definition) is 0. The van der Waals surface area contributed by atoms with Crippen molar-refractivity contribution in [2.75, 3.05) is 5.33 Å². The van der Waals surface area contributed by atoms with E-state index in [2.05, 4.69) is 22.9 Å². The SMILES string of the molecule is CCCCC[Si]1CCC(CBr)CC1. The highest BCUT2D eigenvalue weighted by molar-refractivity contribution is 9.09. The third-order valence-electron chi connectivity index (χ3n) is 3.16. The van der Waals surface area contributed by atoms with Crippen molar-refractivity contribution >= 4 is 24.7 Å². The molecule has 0 saturated carbocycles. The Kier molecular flexibility index (Phi) is 6.38. The number of hydrogen-bond donors (Lipinski definition) is 0. The molecular weight excluding hydrogens is 240 g/mol. The molecule has 1 heterocycles. The minimum absolute atomic E-state index is 0.116. The van der Waals surface area contributed by atoms with Crippen molar-refractivity contribution in [3.63, 3.8) is 0 Å². The summed E-state index contributed by atoms with van der Waals surface area (Å²) < 4.78 is 0. The van der Waals surface area contributed by atoms with Gasteiger partial charge in [-0.05, 0) is 5.92 Å². The molecule has 1 aliphatic heterocycles. The van der Waals surface area contributed by atoms with Gasteiger partial charge in [-0.3, -0.25) is 0 Å². The molecule has 0 spiro atoms. The van der Waals surface area contributed by atoms with E-state index in [1.54, 1.807) is 18.1 Å². The van der Waals surface area contributed by atoms with Crippen LogP contribution in [0.25, 0.3) is 0 Å². The second-order valence-electron chi connectivity index (χ2n) is 4.30. The highest BCUT2D eigenvalue weighted by atomic mass is 79.9. The van der Waals surface area contributed by atoms with Crippen molar-refractivity contribution in [3.05, 3.63) is 0 Å². The molecule has 0 aromatic carbocycles. The van der Waals surface area contributed by atoms with Gasteiger partial charge in [0.25, 0.3) is 0 Å². The Hall–Kier alpha value is 0.697. The Morgan fingerprint density at radius 2 is 1.92 bits per heavy atom. The quantitative estimate of drug-likeness (QED) is 0.389. The van der Waals surface area contributed by atoms with Gasteiger partial charge >= 0.3 is 0 Å². The van der Waals surface area contributed by atoms with Gasteiger partial charge in [-0.1, -0.05) is 73.1 Å². The normalized spacial score (nSPS) is 20.8. The summed E-state index contributed by atoms with van der Waals surface area (Å²) in [5, 5.41) is 1.25. The van der Waals surface area contributed by atoms with Gasteiger partial charge in [0.2, 0.25) is 0 Å². The zero-order valence-corrected chi connectivity index (χ0v) is 11.4. The summed E-state index contributed by atoms with van der Waals surface area (Å²) in [6.45, 7) is 2.30. The van der Waals surface area contributed by atoms with E-state index >= 15 is 0 Å². The van der Waals surface area contributed by atoms with E-state index in [0.29, 0.717) is 0 Å². The van der Waals surface area contributed by atoms with Gasteiger partial charge in [0.05, 0.1) is 0 Å². The molecule has 1 rings (SSSR count). The van der Waals surface area contributed by atoms with Crippen LogP contribution in [0.4, 0.5) is 0 Å². The smallest absolute Gasteiger partial charge is 0.0479 e. The molecule has 0 amide bonds. The van der Waals surface area contributed by atoms with E-state index in [4.69, 9.17) is 0 Å². The van der Waals surface area contributed by atoms with Gasteiger partial charge in [-0.2, -0.15) is 0 Å². The predicted molar refractivity (Wildman–Crippen MR) is 66.2 cm³/mol. The number of alkyl halides is 1. The second-order valence-corrected chi connectivity index (χ2v) is 7.95. The molecule has 0 N–H and O–H groups in total. The lowest BCUT2D eigenvalue weighted by atomic mass is 10.1. The predicted octanol–water partition coefficient (Wildman–Crippen LogP) is 4.48. The maximum atomic E-state index is 3.61. The zero-order chi connectivity index (χ0) is 9.52. The lowest BCUT2D eigenvalue weighted by molar-refractivity contribution is 0.527. The van der Waals surface area contributed by atoms with E-state index in [0.717, 1.165) is 5.92 Å². The molecule has 0 nitrogen and oxygen atoms in total. The van der Waals surface area contributed by atoms with Crippen LogP contribution in [0.2, 0.25) is 18.1 Å². The first kappa shape index (κ1) is 11.8. The molecule has 1 saturated heterocycles. The summed E-state index contributed by atoms with van der Waals surface area (Å²) >= 11 is 3.61. The maximum absolute atomic E-state index is 3.61. The highest BCUT2D eigenvalue weighted by Gasteiger charge is 2.20. The summed E-state index contributed by atoms with van der Waals surface area (Å²) in [5.74, 6) is 1.01. The first-order chi connectivity index (χ1) is 6.36. The molecule has 77 valence electrons. The van der Waals surface area contributed by atoms with Gasteiger partial charge in [0.1, 0.15) is 0 Å². The fourth-order valence-corrected chi connectivity index (χ4v) is 5.90.